The van der Waals surface area contributed by atoms with Gasteiger partial charge in [-0.05, 0) is 118 Å². The molecule has 0 heterocycles. The van der Waals surface area contributed by atoms with Crippen molar-refractivity contribution < 1.29 is 14.2 Å². The minimum atomic E-state index is 0.549. The average molecular weight is 753 g/mol. The fourth-order valence-corrected chi connectivity index (χ4v) is 6.84. The highest BCUT2D eigenvalue weighted by Crippen LogP contribution is 2.28. The lowest BCUT2D eigenvalue weighted by atomic mass is 10.0. The smallest absolute Gasteiger partial charge is 0.123 e. The minimum Gasteiger partial charge on any atom is -0.489 e. The lowest BCUT2D eigenvalue weighted by Crippen LogP contribution is -2.01. The van der Waals surface area contributed by atoms with Crippen LogP contribution < -0.4 is 14.2 Å². The molecule has 7 aromatic rings. The molecule has 3 heteroatoms. The number of benzene rings is 7. The van der Waals surface area contributed by atoms with Crippen LogP contribution in [0.25, 0.3) is 22.3 Å². The van der Waals surface area contributed by atoms with Gasteiger partial charge in [0, 0.05) is 0 Å². The quantitative estimate of drug-likeness (QED) is 0.104. The maximum atomic E-state index is 6.20. The van der Waals surface area contributed by atoms with Gasteiger partial charge in [-0.1, -0.05) is 173 Å². The lowest BCUT2D eigenvalue weighted by Gasteiger charge is -2.14. The van der Waals surface area contributed by atoms with E-state index in [4.69, 9.17) is 14.2 Å². The van der Waals surface area contributed by atoms with Crippen molar-refractivity contribution in [3.63, 3.8) is 0 Å². The van der Waals surface area contributed by atoms with E-state index in [1.165, 1.54) is 33.4 Å². The Hall–Kier alpha value is -6.06. The van der Waals surface area contributed by atoms with Crippen LogP contribution in [0.15, 0.2) is 176 Å². The predicted molar refractivity (Wildman–Crippen MR) is 238 cm³/mol. The molecule has 290 valence electrons. The van der Waals surface area contributed by atoms with Crippen LogP contribution in [0.2, 0.25) is 0 Å². The monoisotopic (exact) mass is 752 g/mol. The molecule has 7 aromatic carbocycles. The third kappa shape index (κ3) is 12.7. The molecule has 0 bridgehead atoms. The van der Waals surface area contributed by atoms with E-state index in [2.05, 4.69) is 168 Å². The molecule has 0 radical (unpaired) electrons. The molecule has 0 saturated heterocycles. The van der Waals surface area contributed by atoms with Crippen molar-refractivity contribution in [2.24, 2.45) is 11.8 Å². The molecule has 0 amide bonds. The van der Waals surface area contributed by atoms with Crippen LogP contribution in [0.1, 0.15) is 61.1 Å². The van der Waals surface area contributed by atoms with Crippen molar-refractivity contribution in [1.29, 1.82) is 0 Å². The van der Waals surface area contributed by atoms with Gasteiger partial charge >= 0.3 is 0 Å². The van der Waals surface area contributed by atoms with E-state index in [0.717, 1.165) is 52.3 Å². The Bertz CT molecular complexity index is 2290. The van der Waals surface area contributed by atoms with Gasteiger partial charge in [0.15, 0.2) is 0 Å². The van der Waals surface area contributed by atoms with Gasteiger partial charge in [-0.15, -0.1) is 0 Å². The van der Waals surface area contributed by atoms with Gasteiger partial charge in [0.1, 0.15) is 37.1 Å². The summed E-state index contributed by atoms with van der Waals surface area (Å²) >= 11 is 0. The topological polar surface area (TPSA) is 27.7 Å². The van der Waals surface area contributed by atoms with Crippen LogP contribution in [0.4, 0.5) is 0 Å². The first kappa shape index (κ1) is 40.6. The van der Waals surface area contributed by atoms with Crippen LogP contribution in [0.3, 0.4) is 0 Å². The molecule has 3 nitrogen and oxygen atoms in total. The van der Waals surface area contributed by atoms with Gasteiger partial charge in [0.2, 0.25) is 0 Å². The van der Waals surface area contributed by atoms with E-state index in [1.54, 1.807) is 0 Å². The summed E-state index contributed by atoms with van der Waals surface area (Å²) in [6.07, 6.45) is 2.06. The molecule has 57 heavy (non-hydrogen) atoms. The van der Waals surface area contributed by atoms with Crippen LogP contribution in [-0.4, -0.2) is 0 Å². The Labute approximate surface area is 340 Å². The Balaban J connectivity index is 0.000000199. The number of aryl methyl sites for hydroxylation is 1. The minimum absolute atomic E-state index is 0.549. The Morgan fingerprint density at radius 1 is 0.368 bits per heavy atom. The van der Waals surface area contributed by atoms with Crippen molar-refractivity contribution in [2.75, 3.05) is 0 Å². The van der Waals surface area contributed by atoms with Crippen molar-refractivity contribution in [2.45, 2.75) is 67.3 Å². The molecule has 0 saturated carbocycles. The van der Waals surface area contributed by atoms with Gasteiger partial charge < -0.3 is 14.2 Å². The summed E-state index contributed by atoms with van der Waals surface area (Å²) in [5.41, 5.74) is 12.1. The van der Waals surface area contributed by atoms with Crippen LogP contribution in [-0.2, 0) is 32.7 Å². The van der Waals surface area contributed by atoms with Crippen molar-refractivity contribution in [3.05, 3.63) is 209 Å². The predicted octanol–water partition coefficient (Wildman–Crippen LogP) is 14.1. The molecule has 0 atom stereocenters. The van der Waals surface area contributed by atoms with Crippen LogP contribution in [0, 0.1) is 18.8 Å². The lowest BCUT2D eigenvalue weighted by molar-refractivity contribution is 0.302. The molecule has 0 N–H and O–H groups in total. The maximum Gasteiger partial charge on any atom is 0.123 e. The first-order valence-corrected chi connectivity index (χ1v) is 20.2. The number of para-hydroxylation sites is 2. The molecule has 7 rings (SSSR count). The zero-order valence-electron chi connectivity index (χ0n) is 34.2. The van der Waals surface area contributed by atoms with Crippen molar-refractivity contribution in [1.82, 2.24) is 0 Å². The second-order valence-corrected chi connectivity index (χ2v) is 15.6. The summed E-state index contributed by atoms with van der Waals surface area (Å²) in [5, 5.41) is 0. The van der Waals surface area contributed by atoms with Gasteiger partial charge in [0.25, 0.3) is 0 Å². The number of hydrogen-bond acceptors (Lipinski definition) is 3. The van der Waals surface area contributed by atoms with Gasteiger partial charge in [-0.3, -0.25) is 0 Å². The largest absolute Gasteiger partial charge is 0.489 e. The highest BCUT2D eigenvalue weighted by Gasteiger charge is 2.09. The Morgan fingerprint density at radius 3 is 1.32 bits per heavy atom. The molecule has 0 fully saturated rings. The highest BCUT2D eigenvalue weighted by atomic mass is 16.5. The van der Waals surface area contributed by atoms with Crippen LogP contribution in [0.5, 0.6) is 17.2 Å². The molecule has 0 aliphatic heterocycles. The molecule has 0 spiro atoms. The summed E-state index contributed by atoms with van der Waals surface area (Å²) in [6, 6.07) is 61.0. The number of rotatable bonds is 15. The molecule has 0 unspecified atom stereocenters. The molecular weight excluding hydrogens is 697 g/mol. The fraction of sp³-hybridized carbons (Fsp3) is 0.222. The van der Waals surface area contributed by atoms with E-state index in [0.29, 0.717) is 31.7 Å². The second kappa shape index (κ2) is 20.7. The van der Waals surface area contributed by atoms with Gasteiger partial charge in [-0.2, -0.15) is 0 Å². The summed E-state index contributed by atoms with van der Waals surface area (Å²) in [5.74, 6) is 4.06. The third-order valence-corrected chi connectivity index (χ3v) is 9.61. The molecule has 0 aromatic heterocycles. The number of ether oxygens (including phenoxy) is 3. The summed E-state index contributed by atoms with van der Waals surface area (Å²) in [7, 11) is 0. The van der Waals surface area contributed by atoms with Gasteiger partial charge in [-0.25, -0.2) is 0 Å². The fourth-order valence-electron chi connectivity index (χ4n) is 6.84. The zero-order chi connectivity index (χ0) is 39.8. The van der Waals surface area contributed by atoms with Gasteiger partial charge in [0.05, 0.1) is 0 Å². The Kier molecular flexibility index (Phi) is 14.8. The van der Waals surface area contributed by atoms with E-state index in [-0.39, 0.29) is 0 Å². The maximum absolute atomic E-state index is 6.20. The van der Waals surface area contributed by atoms with E-state index in [9.17, 15) is 0 Å². The second-order valence-electron chi connectivity index (χ2n) is 15.6. The third-order valence-electron chi connectivity index (χ3n) is 9.61. The Morgan fingerprint density at radius 2 is 0.789 bits per heavy atom. The van der Waals surface area contributed by atoms with E-state index in [1.807, 2.05) is 42.5 Å². The van der Waals surface area contributed by atoms with Crippen LogP contribution >= 0.6 is 0 Å². The molecular formula is C54H56O3. The standard InChI is InChI=1S/C30H30O2.C24H26O/c1-23(2)18-28-13-6-7-17-30(28)32-22-25-12-8-14-26(19-25)27-15-9-16-29(20-27)31-21-24-10-4-3-5-11-24;1-18(2)14-23-10-4-5-13-24(23)25-17-20-9-7-12-22(16-20)21-11-6-8-19(3)15-21/h3-17,19-20,23H,18,21-22H2,1-2H3;4-13,15-16,18H,14,17H2,1-3H3. The first-order valence-electron chi connectivity index (χ1n) is 20.2. The molecule has 0 aliphatic carbocycles. The highest BCUT2D eigenvalue weighted by molar-refractivity contribution is 5.66. The van der Waals surface area contributed by atoms with E-state index >= 15 is 0 Å². The normalized spacial score (nSPS) is 10.9. The number of hydrogen-bond donors (Lipinski definition) is 0. The zero-order valence-corrected chi connectivity index (χ0v) is 34.2. The molecule has 0 aliphatic rings. The average Bonchev–Trinajstić information content (AvgIpc) is 3.23. The SMILES string of the molecule is CC(C)Cc1ccccc1OCc1cccc(-c2cccc(OCc3ccccc3)c2)c1.Cc1cccc(-c2cccc(COc3ccccc3CC(C)C)c2)c1. The van der Waals surface area contributed by atoms with Crippen molar-refractivity contribution >= 4 is 0 Å². The summed E-state index contributed by atoms with van der Waals surface area (Å²) in [6.45, 7) is 12.8. The summed E-state index contributed by atoms with van der Waals surface area (Å²) in [4.78, 5) is 0. The van der Waals surface area contributed by atoms with Crippen molar-refractivity contribution in [3.8, 4) is 39.5 Å². The summed E-state index contributed by atoms with van der Waals surface area (Å²) < 4.78 is 18.4. The first-order chi connectivity index (χ1) is 27.8. The van der Waals surface area contributed by atoms with E-state index < -0.39 is 0 Å².